The van der Waals surface area contributed by atoms with Gasteiger partial charge in [-0.1, -0.05) is 38.1 Å². The van der Waals surface area contributed by atoms with Crippen molar-refractivity contribution in [2.24, 2.45) is 0 Å². The fraction of sp³-hybridized carbons (Fsp3) is 0.385. The standard InChI is InChI=1S/C13H16N2O2/c1-13(2,3)10-6-4-9(5-7-10)12-14-11(8-16)15-17-12/h4-7,16H,8H2,1-3H3. The number of aliphatic hydroxyl groups excluding tert-OH is 1. The number of benzene rings is 1. The van der Waals surface area contributed by atoms with Gasteiger partial charge in [-0.15, -0.1) is 0 Å². The van der Waals surface area contributed by atoms with Crippen molar-refractivity contribution < 1.29 is 9.63 Å². The molecule has 0 fully saturated rings. The Morgan fingerprint density at radius 3 is 2.29 bits per heavy atom. The Labute approximate surface area is 100 Å². The molecule has 1 aromatic carbocycles. The fourth-order valence-electron chi connectivity index (χ4n) is 1.55. The Morgan fingerprint density at radius 2 is 1.82 bits per heavy atom. The normalized spacial score (nSPS) is 11.8. The first-order valence-electron chi connectivity index (χ1n) is 5.55. The molecule has 0 aliphatic heterocycles. The lowest BCUT2D eigenvalue weighted by Crippen LogP contribution is -2.10. The maximum atomic E-state index is 8.86. The summed E-state index contributed by atoms with van der Waals surface area (Å²) in [7, 11) is 0. The largest absolute Gasteiger partial charge is 0.388 e. The van der Waals surface area contributed by atoms with Crippen molar-refractivity contribution in [2.45, 2.75) is 32.8 Å². The third-order valence-electron chi connectivity index (χ3n) is 2.61. The summed E-state index contributed by atoms with van der Waals surface area (Å²) in [4.78, 5) is 4.06. The number of hydrogen-bond acceptors (Lipinski definition) is 4. The molecule has 0 aliphatic carbocycles. The van der Waals surface area contributed by atoms with E-state index in [0.29, 0.717) is 11.7 Å². The number of aliphatic hydroxyl groups is 1. The van der Waals surface area contributed by atoms with Crippen molar-refractivity contribution in [3.8, 4) is 11.5 Å². The lowest BCUT2D eigenvalue weighted by atomic mass is 9.87. The van der Waals surface area contributed by atoms with Gasteiger partial charge in [0.05, 0.1) is 0 Å². The maximum absolute atomic E-state index is 8.86. The van der Waals surface area contributed by atoms with Crippen LogP contribution in [0.15, 0.2) is 28.8 Å². The van der Waals surface area contributed by atoms with Gasteiger partial charge in [0.15, 0.2) is 5.82 Å². The predicted molar refractivity (Wildman–Crippen MR) is 64.4 cm³/mol. The molecule has 0 aliphatic rings. The third kappa shape index (κ3) is 2.53. The molecule has 2 rings (SSSR count). The molecule has 2 aromatic rings. The average molecular weight is 232 g/mol. The molecular weight excluding hydrogens is 216 g/mol. The second-order valence-electron chi connectivity index (χ2n) is 5.00. The van der Waals surface area contributed by atoms with Crippen LogP contribution in [0.4, 0.5) is 0 Å². The lowest BCUT2D eigenvalue weighted by molar-refractivity contribution is 0.264. The van der Waals surface area contributed by atoms with E-state index in [0.717, 1.165) is 5.56 Å². The van der Waals surface area contributed by atoms with Crippen molar-refractivity contribution in [1.82, 2.24) is 10.1 Å². The van der Waals surface area contributed by atoms with Crippen LogP contribution in [-0.4, -0.2) is 15.2 Å². The molecule has 0 saturated carbocycles. The van der Waals surface area contributed by atoms with Crippen molar-refractivity contribution in [3.63, 3.8) is 0 Å². The van der Waals surface area contributed by atoms with Gasteiger partial charge >= 0.3 is 0 Å². The second kappa shape index (κ2) is 4.30. The molecule has 1 aromatic heterocycles. The lowest BCUT2D eigenvalue weighted by Gasteiger charge is -2.18. The Balaban J connectivity index is 2.29. The minimum absolute atomic E-state index is 0.129. The van der Waals surface area contributed by atoms with E-state index in [1.165, 1.54) is 5.56 Å². The molecule has 4 nitrogen and oxygen atoms in total. The van der Waals surface area contributed by atoms with Gasteiger partial charge in [0.2, 0.25) is 0 Å². The first-order chi connectivity index (χ1) is 8.00. The van der Waals surface area contributed by atoms with Crippen LogP contribution in [0.3, 0.4) is 0 Å². The van der Waals surface area contributed by atoms with Gasteiger partial charge in [-0.3, -0.25) is 0 Å². The summed E-state index contributed by atoms with van der Waals surface area (Å²) in [6.45, 7) is 6.29. The highest BCUT2D eigenvalue weighted by Crippen LogP contribution is 2.25. The zero-order valence-electron chi connectivity index (χ0n) is 10.3. The van der Waals surface area contributed by atoms with Gasteiger partial charge in [-0.2, -0.15) is 4.98 Å². The highest BCUT2D eigenvalue weighted by atomic mass is 16.5. The summed E-state index contributed by atoms with van der Waals surface area (Å²) in [5, 5.41) is 12.5. The Kier molecular flexibility index (Phi) is 2.98. The monoisotopic (exact) mass is 232 g/mol. The first kappa shape index (κ1) is 11.8. The quantitative estimate of drug-likeness (QED) is 0.864. The number of nitrogens with zero attached hydrogens (tertiary/aromatic N) is 2. The maximum Gasteiger partial charge on any atom is 0.258 e. The van der Waals surface area contributed by atoms with Gasteiger partial charge in [0, 0.05) is 5.56 Å². The van der Waals surface area contributed by atoms with Crippen molar-refractivity contribution in [1.29, 1.82) is 0 Å². The molecule has 17 heavy (non-hydrogen) atoms. The van der Waals surface area contributed by atoms with Crippen molar-refractivity contribution >= 4 is 0 Å². The minimum atomic E-state index is -0.205. The second-order valence-corrected chi connectivity index (χ2v) is 5.00. The highest BCUT2D eigenvalue weighted by molar-refractivity contribution is 5.53. The van der Waals surface area contributed by atoms with E-state index in [2.05, 4.69) is 43.0 Å². The molecular formula is C13H16N2O2. The Bertz CT molecular complexity index is 495. The molecule has 1 N–H and O–H groups in total. The van der Waals surface area contributed by atoms with E-state index in [1.54, 1.807) is 0 Å². The topological polar surface area (TPSA) is 59.2 Å². The predicted octanol–water partition coefficient (Wildman–Crippen LogP) is 2.53. The van der Waals surface area contributed by atoms with E-state index >= 15 is 0 Å². The zero-order chi connectivity index (χ0) is 12.5. The molecule has 0 atom stereocenters. The molecule has 0 unspecified atom stereocenters. The van der Waals surface area contributed by atoms with Crippen LogP contribution < -0.4 is 0 Å². The summed E-state index contributed by atoms with van der Waals surface area (Å²) >= 11 is 0. The van der Waals surface area contributed by atoms with E-state index < -0.39 is 0 Å². The molecule has 1 heterocycles. The number of hydrogen-bond donors (Lipinski definition) is 1. The SMILES string of the molecule is CC(C)(C)c1ccc(-c2nc(CO)no2)cc1. The Morgan fingerprint density at radius 1 is 1.18 bits per heavy atom. The van der Waals surface area contributed by atoms with Crippen LogP contribution in [0, 0.1) is 0 Å². The summed E-state index contributed by atoms with van der Waals surface area (Å²) in [6, 6.07) is 8.01. The molecule has 0 radical (unpaired) electrons. The van der Waals surface area contributed by atoms with Crippen LogP contribution >= 0.6 is 0 Å². The molecule has 0 bridgehead atoms. The van der Waals surface area contributed by atoms with Crippen LogP contribution in [-0.2, 0) is 12.0 Å². The van der Waals surface area contributed by atoms with Crippen LogP contribution in [0.5, 0.6) is 0 Å². The van der Waals surface area contributed by atoms with E-state index in [9.17, 15) is 0 Å². The Hall–Kier alpha value is -1.68. The van der Waals surface area contributed by atoms with Crippen molar-refractivity contribution in [2.75, 3.05) is 0 Å². The summed E-state index contributed by atoms with van der Waals surface area (Å²) < 4.78 is 5.05. The van der Waals surface area contributed by atoms with Gasteiger partial charge < -0.3 is 9.63 Å². The van der Waals surface area contributed by atoms with Crippen LogP contribution in [0.2, 0.25) is 0 Å². The molecule has 4 heteroatoms. The van der Waals surface area contributed by atoms with Crippen LogP contribution in [0.25, 0.3) is 11.5 Å². The highest BCUT2D eigenvalue weighted by Gasteiger charge is 2.14. The smallest absolute Gasteiger partial charge is 0.258 e. The van der Waals surface area contributed by atoms with E-state index in [4.69, 9.17) is 9.63 Å². The third-order valence-corrected chi connectivity index (χ3v) is 2.61. The summed E-state index contributed by atoms with van der Waals surface area (Å²) in [6.07, 6.45) is 0. The number of rotatable bonds is 2. The summed E-state index contributed by atoms with van der Waals surface area (Å²) in [5.41, 5.74) is 2.25. The van der Waals surface area contributed by atoms with Gasteiger partial charge in [-0.05, 0) is 23.1 Å². The minimum Gasteiger partial charge on any atom is -0.388 e. The average Bonchev–Trinajstić information content (AvgIpc) is 2.76. The van der Waals surface area contributed by atoms with E-state index in [1.807, 2.05) is 12.1 Å². The van der Waals surface area contributed by atoms with Crippen molar-refractivity contribution in [3.05, 3.63) is 35.7 Å². The molecule has 0 amide bonds. The first-order valence-corrected chi connectivity index (χ1v) is 5.55. The fourth-order valence-corrected chi connectivity index (χ4v) is 1.55. The molecule has 0 saturated heterocycles. The van der Waals surface area contributed by atoms with Gasteiger partial charge in [0.1, 0.15) is 6.61 Å². The molecule has 90 valence electrons. The van der Waals surface area contributed by atoms with Gasteiger partial charge in [-0.25, -0.2) is 0 Å². The van der Waals surface area contributed by atoms with Crippen LogP contribution in [0.1, 0.15) is 32.2 Å². The zero-order valence-corrected chi connectivity index (χ0v) is 10.3. The summed E-state index contributed by atoms with van der Waals surface area (Å²) in [5.74, 6) is 0.745. The molecule has 0 spiro atoms. The number of aromatic nitrogens is 2. The van der Waals surface area contributed by atoms with E-state index in [-0.39, 0.29) is 12.0 Å². The van der Waals surface area contributed by atoms with Gasteiger partial charge in [0.25, 0.3) is 5.89 Å².